The molecule has 2 heteroatoms. The van der Waals surface area contributed by atoms with Gasteiger partial charge in [0, 0.05) is 0 Å². The largest absolute Gasteiger partial charge is 0.329 e. The van der Waals surface area contributed by atoms with Gasteiger partial charge in [-0.05, 0) is 13.8 Å². The molecular weight excluding hydrogens is 114 g/mol. The summed E-state index contributed by atoms with van der Waals surface area (Å²) in [6.07, 6.45) is 0.349. The van der Waals surface area contributed by atoms with Gasteiger partial charge in [0.2, 0.25) is 0 Å². The first-order valence-electron chi connectivity index (χ1n) is 3.34. The fraction of sp³-hybridized carbons (Fsp3) is 1.00. The van der Waals surface area contributed by atoms with Crippen LogP contribution in [0.2, 0.25) is 0 Å². The van der Waals surface area contributed by atoms with Crippen molar-refractivity contribution in [2.45, 2.75) is 20.0 Å². The molecule has 0 radical (unpaired) electrons. The number of nitrogens with zero attached hydrogens (tertiary/aromatic N) is 1. The zero-order valence-electron chi connectivity index (χ0n) is 7.14. The van der Waals surface area contributed by atoms with Crippen molar-refractivity contribution in [3.8, 4) is 0 Å². The van der Waals surface area contributed by atoms with Crippen LogP contribution < -0.4 is 0 Å². The molecule has 0 saturated heterocycles. The van der Waals surface area contributed by atoms with E-state index in [2.05, 4.69) is 35.0 Å². The van der Waals surface area contributed by atoms with Crippen molar-refractivity contribution in [2.24, 2.45) is 0 Å². The normalized spacial score (nSPS) is 12.7. The fourth-order valence-corrected chi connectivity index (χ4v) is 0.373. The van der Waals surface area contributed by atoms with Crippen LogP contribution in [0.25, 0.3) is 0 Å². The highest BCUT2D eigenvalue weighted by atomic mass is 16.5. The van der Waals surface area contributed by atoms with Gasteiger partial charge in [0.05, 0.1) is 27.2 Å². The standard InChI is InChI=1S/C7H18NO/c1-7(2)9-6-8(3,4)5/h7H,6H2,1-5H3/q+1. The molecule has 0 atom stereocenters. The van der Waals surface area contributed by atoms with Crippen LogP contribution in [0.4, 0.5) is 0 Å². The van der Waals surface area contributed by atoms with Gasteiger partial charge in [-0.1, -0.05) is 0 Å². The second-order valence-electron chi connectivity index (χ2n) is 3.63. The molecule has 0 saturated carbocycles. The molecule has 0 heterocycles. The molecule has 0 aliphatic heterocycles. The fourth-order valence-electron chi connectivity index (χ4n) is 0.373. The highest BCUT2D eigenvalue weighted by Crippen LogP contribution is 1.94. The summed E-state index contributed by atoms with van der Waals surface area (Å²) >= 11 is 0. The third-order valence-electron chi connectivity index (χ3n) is 0.795. The highest BCUT2D eigenvalue weighted by molar-refractivity contribution is 4.29. The Morgan fingerprint density at radius 3 is 1.78 bits per heavy atom. The lowest BCUT2D eigenvalue weighted by Gasteiger charge is -2.24. The Kier molecular flexibility index (Phi) is 3.15. The van der Waals surface area contributed by atoms with Gasteiger partial charge in [0.15, 0.2) is 6.73 Å². The zero-order valence-corrected chi connectivity index (χ0v) is 7.14. The zero-order chi connectivity index (χ0) is 7.49. The molecular formula is C7H18NO+. The van der Waals surface area contributed by atoms with Crippen LogP contribution in [0.15, 0.2) is 0 Å². The molecule has 0 rings (SSSR count). The Morgan fingerprint density at radius 1 is 1.22 bits per heavy atom. The number of hydrogen-bond donors (Lipinski definition) is 0. The molecule has 0 aliphatic carbocycles. The second kappa shape index (κ2) is 3.18. The van der Waals surface area contributed by atoms with E-state index in [-0.39, 0.29) is 0 Å². The smallest absolute Gasteiger partial charge is 0.182 e. The van der Waals surface area contributed by atoms with Gasteiger partial charge < -0.3 is 9.22 Å². The summed E-state index contributed by atoms with van der Waals surface area (Å²) in [6.45, 7) is 4.89. The van der Waals surface area contributed by atoms with Crippen molar-refractivity contribution in [1.29, 1.82) is 0 Å². The Balaban J connectivity index is 3.28. The SMILES string of the molecule is CC(C)OC[N+](C)(C)C. The number of hydrogen-bond acceptors (Lipinski definition) is 1. The monoisotopic (exact) mass is 132 g/mol. The Bertz CT molecular complexity index is 73.5. The maximum Gasteiger partial charge on any atom is 0.182 e. The number of quaternary nitrogens is 1. The molecule has 0 spiro atoms. The predicted molar refractivity (Wildman–Crippen MR) is 39.1 cm³/mol. The van der Waals surface area contributed by atoms with Crippen molar-refractivity contribution in [3.05, 3.63) is 0 Å². The minimum atomic E-state index is 0.349. The van der Waals surface area contributed by atoms with Crippen LogP contribution in [0.5, 0.6) is 0 Å². The lowest BCUT2D eigenvalue weighted by Crippen LogP contribution is -2.37. The Morgan fingerprint density at radius 2 is 1.67 bits per heavy atom. The van der Waals surface area contributed by atoms with Crippen LogP contribution >= 0.6 is 0 Å². The molecule has 0 aromatic carbocycles. The average Bonchev–Trinajstić information content (AvgIpc) is 1.59. The summed E-state index contributed by atoms with van der Waals surface area (Å²) in [5, 5.41) is 0. The molecule has 0 aromatic rings. The van der Waals surface area contributed by atoms with E-state index in [9.17, 15) is 0 Å². The predicted octanol–water partition coefficient (Wildman–Crippen LogP) is 1.08. The van der Waals surface area contributed by atoms with E-state index in [0.29, 0.717) is 6.10 Å². The molecule has 0 bridgehead atoms. The van der Waals surface area contributed by atoms with E-state index >= 15 is 0 Å². The lowest BCUT2D eigenvalue weighted by molar-refractivity contribution is -0.891. The van der Waals surface area contributed by atoms with E-state index in [1.807, 2.05) is 0 Å². The summed E-state index contributed by atoms with van der Waals surface area (Å²) in [7, 11) is 6.34. The number of rotatable bonds is 3. The molecule has 0 fully saturated rings. The second-order valence-corrected chi connectivity index (χ2v) is 3.63. The Labute approximate surface area is 58.0 Å². The topological polar surface area (TPSA) is 9.23 Å². The third-order valence-corrected chi connectivity index (χ3v) is 0.795. The molecule has 9 heavy (non-hydrogen) atoms. The molecule has 0 N–H and O–H groups in total. The lowest BCUT2D eigenvalue weighted by atomic mass is 10.5. The average molecular weight is 132 g/mol. The van der Waals surface area contributed by atoms with E-state index in [1.54, 1.807) is 0 Å². The van der Waals surface area contributed by atoms with Gasteiger partial charge in [0.1, 0.15) is 0 Å². The van der Waals surface area contributed by atoms with E-state index < -0.39 is 0 Å². The van der Waals surface area contributed by atoms with Gasteiger partial charge in [-0.25, -0.2) is 0 Å². The van der Waals surface area contributed by atoms with Gasteiger partial charge in [-0.3, -0.25) is 0 Å². The van der Waals surface area contributed by atoms with Crippen molar-refractivity contribution in [1.82, 2.24) is 0 Å². The Hall–Kier alpha value is -0.0800. The molecule has 0 aromatic heterocycles. The first-order valence-corrected chi connectivity index (χ1v) is 3.34. The quantitative estimate of drug-likeness (QED) is 0.412. The first kappa shape index (κ1) is 8.92. The van der Waals surface area contributed by atoms with Crippen LogP contribution in [0.3, 0.4) is 0 Å². The maximum atomic E-state index is 5.38. The van der Waals surface area contributed by atoms with E-state index in [0.717, 1.165) is 11.2 Å². The molecule has 0 amide bonds. The maximum absolute atomic E-state index is 5.38. The van der Waals surface area contributed by atoms with Gasteiger partial charge in [0.25, 0.3) is 0 Å². The highest BCUT2D eigenvalue weighted by Gasteiger charge is 2.06. The molecule has 56 valence electrons. The van der Waals surface area contributed by atoms with Crippen molar-refractivity contribution in [3.63, 3.8) is 0 Å². The molecule has 0 unspecified atom stereocenters. The van der Waals surface area contributed by atoms with Crippen molar-refractivity contribution >= 4 is 0 Å². The van der Waals surface area contributed by atoms with Crippen molar-refractivity contribution in [2.75, 3.05) is 27.9 Å². The number of ether oxygens (including phenoxy) is 1. The first-order chi connectivity index (χ1) is 3.92. The van der Waals surface area contributed by atoms with Gasteiger partial charge >= 0.3 is 0 Å². The molecule has 2 nitrogen and oxygen atoms in total. The van der Waals surface area contributed by atoms with Crippen LogP contribution in [0, 0.1) is 0 Å². The summed E-state index contributed by atoms with van der Waals surface area (Å²) in [6, 6.07) is 0. The molecule has 0 aliphatic rings. The van der Waals surface area contributed by atoms with Crippen LogP contribution in [0.1, 0.15) is 13.8 Å². The summed E-state index contributed by atoms with van der Waals surface area (Å²) < 4.78 is 6.25. The summed E-state index contributed by atoms with van der Waals surface area (Å²) in [5.41, 5.74) is 0. The van der Waals surface area contributed by atoms with Crippen LogP contribution in [-0.2, 0) is 4.74 Å². The third kappa shape index (κ3) is 7.92. The summed E-state index contributed by atoms with van der Waals surface area (Å²) in [4.78, 5) is 0. The van der Waals surface area contributed by atoms with Crippen LogP contribution in [-0.4, -0.2) is 38.5 Å². The van der Waals surface area contributed by atoms with Crippen molar-refractivity contribution < 1.29 is 9.22 Å². The van der Waals surface area contributed by atoms with E-state index in [1.165, 1.54) is 0 Å². The minimum Gasteiger partial charge on any atom is -0.329 e. The van der Waals surface area contributed by atoms with E-state index in [4.69, 9.17) is 4.74 Å². The minimum absolute atomic E-state index is 0.349. The van der Waals surface area contributed by atoms with Gasteiger partial charge in [-0.2, -0.15) is 0 Å². The van der Waals surface area contributed by atoms with Gasteiger partial charge in [-0.15, -0.1) is 0 Å². The summed E-state index contributed by atoms with van der Waals surface area (Å²) in [5.74, 6) is 0.